The van der Waals surface area contributed by atoms with Gasteiger partial charge in [-0.2, -0.15) is 5.26 Å². The van der Waals surface area contributed by atoms with Crippen LogP contribution in [0.25, 0.3) is 5.69 Å². The van der Waals surface area contributed by atoms with Gasteiger partial charge in [-0.05, 0) is 49.7 Å². The fourth-order valence-electron chi connectivity index (χ4n) is 3.79. The van der Waals surface area contributed by atoms with Gasteiger partial charge in [-0.15, -0.1) is 10.2 Å². The summed E-state index contributed by atoms with van der Waals surface area (Å²) in [5.74, 6) is 1.65. The summed E-state index contributed by atoms with van der Waals surface area (Å²) in [6.45, 7) is 3.97. The first kappa shape index (κ1) is 25.7. The van der Waals surface area contributed by atoms with Crippen LogP contribution >= 0.6 is 11.8 Å². The average molecular weight is 516 g/mol. The number of hydrogen-bond acceptors (Lipinski definition) is 8. The molecular weight excluding hydrogens is 490 g/mol. The van der Waals surface area contributed by atoms with Crippen molar-refractivity contribution in [2.24, 2.45) is 0 Å². The van der Waals surface area contributed by atoms with Gasteiger partial charge in [0.1, 0.15) is 17.7 Å². The summed E-state index contributed by atoms with van der Waals surface area (Å²) in [5.41, 5.74) is 2.88. The average Bonchev–Trinajstić information content (AvgIpc) is 3.27. The largest absolute Gasteiger partial charge is 0.490 e. The SMILES string of the molecule is CCOc1cc([C@H](C[N+](=O)[O-])Sc2nnc(C)n2-c2ccccc2)ccc1OCc1ccccc1C#N. The molecule has 1 atom stereocenters. The molecular formula is C27H25N5O4S. The number of aryl methyl sites for hydroxylation is 1. The molecule has 0 N–H and O–H groups in total. The lowest BCUT2D eigenvalue weighted by Gasteiger charge is -2.17. The van der Waals surface area contributed by atoms with E-state index in [1.165, 1.54) is 11.8 Å². The Bertz CT molecular complexity index is 1420. The third-order valence-corrected chi connectivity index (χ3v) is 6.71. The minimum atomic E-state index is -0.548. The molecule has 0 radical (unpaired) electrons. The molecule has 0 aliphatic rings. The third kappa shape index (κ3) is 6.26. The van der Waals surface area contributed by atoms with E-state index in [4.69, 9.17) is 9.47 Å². The van der Waals surface area contributed by atoms with Gasteiger partial charge in [0.05, 0.1) is 18.2 Å². The van der Waals surface area contributed by atoms with Crippen LogP contribution in [0.5, 0.6) is 11.5 Å². The topological polar surface area (TPSA) is 116 Å². The minimum Gasteiger partial charge on any atom is -0.490 e. The van der Waals surface area contributed by atoms with Gasteiger partial charge in [-0.1, -0.05) is 54.2 Å². The van der Waals surface area contributed by atoms with Crippen molar-refractivity contribution in [2.45, 2.75) is 30.9 Å². The normalized spacial score (nSPS) is 11.5. The summed E-state index contributed by atoms with van der Waals surface area (Å²) >= 11 is 1.28. The summed E-state index contributed by atoms with van der Waals surface area (Å²) in [6.07, 6.45) is 0. The molecule has 9 nitrogen and oxygen atoms in total. The molecule has 0 fully saturated rings. The molecule has 37 heavy (non-hydrogen) atoms. The van der Waals surface area contributed by atoms with Crippen LogP contribution in [0.2, 0.25) is 0 Å². The molecule has 0 bridgehead atoms. The van der Waals surface area contributed by atoms with Crippen LogP contribution in [-0.4, -0.2) is 32.8 Å². The number of thioether (sulfide) groups is 1. The Labute approximate surface area is 218 Å². The van der Waals surface area contributed by atoms with Crippen molar-refractivity contribution >= 4 is 11.8 Å². The number of ether oxygens (including phenoxy) is 2. The number of benzene rings is 3. The van der Waals surface area contributed by atoms with Crippen molar-refractivity contribution in [3.8, 4) is 23.3 Å². The quantitative estimate of drug-likeness (QED) is 0.145. The maximum Gasteiger partial charge on any atom is 0.220 e. The fraction of sp³-hybridized carbons (Fsp3) is 0.222. The van der Waals surface area contributed by atoms with Crippen LogP contribution in [0.1, 0.15) is 34.7 Å². The van der Waals surface area contributed by atoms with E-state index in [0.29, 0.717) is 40.2 Å². The first-order valence-corrected chi connectivity index (χ1v) is 12.5. The Morgan fingerprint density at radius 3 is 2.54 bits per heavy atom. The Hall–Kier alpha value is -4.36. The van der Waals surface area contributed by atoms with Crippen LogP contribution in [0.3, 0.4) is 0 Å². The zero-order chi connectivity index (χ0) is 26.2. The van der Waals surface area contributed by atoms with Crippen molar-refractivity contribution in [3.63, 3.8) is 0 Å². The highest BCUT2D eigenvalue weighted by Gasteiger charge is 2.25. The smallest absolute Gasteiger partial charge is 0.220 e. The predicted molar refractivity (Wildman–Crippen MR) is 140 cm³/mol. The second-order valence-electron chi connectivity index (χ2n) is 8.02. The number of nitrogens with zero attached hydrogens (tertiary/aromatic N) is 5. The van der Waals surface area contributed by atoms with Crippen LogP contribution in [-0.2, 0) is 6.61 Å². The predicted octanol–water partition coefficient (Wildman–Crippen LogP) is 5.54. The number of hydrogen-bond donors (Lipinski definition) is 0. The molecule has 0 spiro atoms. The van der Waals surface area contributed by atoms with Crippen LogP contribution in [0.15, 0.2) is 78.0 Å². The van der Waals surface area contributed by atoms with Gasteiger partial charge in [-0.3, -0.25) is 14.7 Å². The highest BCUT2D eigenvalue weighted by molar-refractivity contribution is 7.99. The van der Waals surface area contributed by atoms with Crippen molar-refractivity contribution in [2.75, 3.05) is 13.2 Å². The number of para-hydroxylation sites is 1. The molecule has 0 amide bonds. The fourth-order valence-corrected chi connectivity index (χ4v) is 4.95. The minimum absolute atomic E-state index is 0.190. The van der Waals surface area contributed by atoms with Gasteiger partial charge in [0.15, 0.2) is 16.7 Å². The van der Waals surface area contributed by atoms with E-state index < -0.39 is 5.25 Å². The first-order valence-electron chi connectivity index (χ1n) is 11.6. The third-order valence-electron chi connectivity index (χ3n) is 5.53. The van der Waals surface area contributed by atoms with E-state index in [9.17, 15) is 15.4 Å². The lowest BCUT2D eigenvalue weighted by Crippen LogP contribution is -2.12. The van der Waals surface area contributed by atoms with Crippen molar-refractivity contribution in [3.05, 3.63) is 105 Å². The Morgan fingerprint density at radius 2 is 1.81 bits per heavy atom. The zero-order valence-electron chi connectivity index (χ0n) is 20.4. The van der Waals surface area contributed by atoms with Gasteiger partial charge >= 0.3 is 0 Å². The number of nitriles is 1. The molecule has 1 heterocycles. The van der Waals surface area contributed by atoms with Crippen LogP contribution in [0.4, 0.5) is 0 Å². The van der Waals surface area contributed by atoms with E-state index in [2.05, 4.69) is 16.3 Å². The van der Waals surface area contributed by atoms with Gasteiger partial charge in [0.2, 0.25) is 6.54 Å². The van der Waals surface area contributed by atoms with E-state index >= 15 is 0 Å². The second-order valence-corrected chi connectivity index (χ2v) is 9.19. The molecule has 0 saturated carbocycles. The van der Waals surface area contributed by atoms with E-state index in [1.807, 2.05) is 60.9 Å². The molecule has 0 aliphatic heterocycles. The molecule has 0 aliphatic carbocycles. The summed E-state index contributed by atoms with van der Waals surface area (Å²) in [5, 5.41) is 29.4. The molecule has 4 rings (SSSR count). The van der Waals surface area contributed by atoms with Gasteiger partial charge in [0.25, 0.3) is 0 Å². The van der Waals surface area contributed by atoms with Gasteiger partial charge in [0, 0.05) is 16.2 Å². The highest BCUT2D eigenvalue weighted by atomic mass is 32.2. The maximum atomic E-state index is 11.6. The maximum absolute atomic E-state index is 11.6. The molecule has 4 aromatic rings. The molecule has 188 valence electrons. The van der Waals surface area contributed by atoms with E-state index in [-0.39, 0.29) is 18.1 Å². The summed E-state index contributed by atoms with van der Waals surface area (Å²) in [6, 6.07) is 24.3. The monoisotopic (exact) mass is 515 g/mol. The Morgan fingerprint density at radius 1 is 1.05 bits per heavy atom. The number of aromatic nitrogens is 3. The van der Waals surface area contributed by atoms with Crippen molar-refractivity contribution < 1.29 is 14.4 Å². The number of rotatable bonds is 11. The Balaban J connectivity index is 1.63. The molecule has 1 aromatic heterocycles. The lowest BCUT2D eigenvalue weighted by atomic mass is 10.1. The van der Waals surface area contributed by atoms with Crippen molar-refractivity contribution in [1.29, 1.82) is 5.26 Å². The summed E-state index contributed by atoms with van der Waals surface area (Å²) in [4.78, 5) is 11.3. The molecule has 0 saturated heterocycles. The highest BCUT2D eigenvalue weighted by Crippen LogP contribution is 2.39. The standard InChI is InChI=1S/C27H25N5O4S/c1-3-35-25-15-20(13-14-24(25)36-18-22-10-8-7-9-21(22)16-28)26(17-31(33)34)37-27-30-29-19(2)32(27)23-11-5-4-6-12-23/h4-15,26H,3,17-18H2,1-2H3/t26-/m0/s1. The second kappa shape index (κ2) is 12.1. The first-order chi connectivity index (χ1) is 18.0. The Kier molecular flexibility index (Phi) is 8.38. The van der Waals surface area contributed by atoms with Gasteiger partial charge in [-0.25, -0.2) is 0 Å². The van der Waals surface area contributed by atoms with E-state index in [1.54, 1.807) is 30.3 Å². The molecule has 3 aromatic carbocycles. The number of nitro groups is 1. The van der Waals surface area contributed by atoms with Gasteiger partial charge < -0.3 is 9.47 Å². The molecule has 0 unspecified atom stereocenters. The van der Waals surface area contributed by atoms with Crippen LogP contribution in [0, 0.1) is 28.4 Å². The van der Waals surface area contributed by atoms with Crippen molar-refractivity contribution in [1.82, 2.24) is 14.8 Å². The summed E-state index contributed by atoms with van der Waals surface area (Å²) in [7, 11) is 0. The van der Waals surface area contributed by atoms with E-state index in [0.717, 1.165) is 11.3 Å². The van der Waals surface area contributed by atoms with Crippen LogP contribution < -0.4 is 9.47 Å². The summed E-state index contributed by atoms with van der Waals surface area (Å²) < 4.78 is 13.7. The lowest BCUT2D eigenvalue weighted by molar-refractivity contribution is -0.479. The molecule has 10 heteroatoms. The zero-order valence-corrected chi connectivity index (χ0v) is 21.2.